The zero-order chi connectivity index (χ0) is 14.8. The van der Waals surface area contributed by atoms with E-state index < -0.39 is 0 Å². The Kier molecular flexibility index (Phi) is 8.60. The van der Waals surface area contributed by atoms with E-state index in [-0.39, 0.29) is 0 Å². The van der Waals surface area contributed by atoms with Crippen molar-refractivity contribution in [3.63, 3.8) is 0 Å². The van der Waals surface area contributed by atoms with Crippen molar-refractivity contribution < 1.29 is 0 Å². The van der Waals surface area contributed by atoms with E-state index in [4.69, 9.17) is 0 Å². The van der Waals surface area contributed by atoms with Gasteiger partial charge in [0.05, 0.1) is 0 Å². The fraction of sp³-hybridized carbons (Fsp3) is 0.684. The molecule has 0 spiro atoms. The highest BCUT2D eigenvalue weighted by atomic mass is 14.9. The zero-order valence-corrected chi connectivity index (χ0v) is 13.9. The zero-order valence-electron chi connectivity index (χ0n) is 13.9. The van der Waals surface area contributed by atoms with Crippen LogP contribution in [0.1, 0.15) is 77.8 Å². The second kappa shape index (κ2) is 9.99. The summed E-state index contributed by atoms with van der Waals surface area (Å²) in [5, 5.41) is 3.82. The molecule has 0 saturated heterocycles. The number of hydrogen-bond acceptors (Lipinski definition) is 1. The standard InChI is InChI=1S/C19H33N/c1-5-6-7-8-10-13-17(4)20-19(16(2)3)18-14-11-9-12-15-18/h9,11-12,14-17,19-20H,5-8,10,13H2,1-4H3. The molecule has 0 saturated carbocycles. The van der Waals surface area contributed by atoms with Gasteiger partial charge in [-0.3, -0.25) is 0 Å². The first kappa shape index (κ1) is 17.2. The number of nitrogens with one attached hydrogen (secondary N) is 1. The molecule has 2 unspecified atom stereocenters. The third kappa shape index (κ3) is 6.56. The molecular weight excluding hydrogens is 242 g/mol. The predicted octanol–water partition coefficient (Wildman–Crippen LogP) is 5.72. The maximum atomic E-state index is 3.82. The summed E-state index contributed by atoms with van der Waals surface area (Å²) in [6.07, 6.45) is 8.15. The molecule has 20 heavy (non-hydrogen) atoms. The quantitative estimate of drug-likeness (QED) is 0.538. The molecule has 114 valence electrons. The van der Waals surface area contributed by atoms with Gasteiger partial charge in [-0.2, -0.15) is 0 Å². The number of hydrogen-bond donors (Lipinski definition) is 1. The molecule has 0 bridgehead atoms. The summed E-state index contributed by atoms with van der Waals surface area (Å²) in [6.45, 7) is 9.21. The van der Waals surface area contributed by atoms with E-state index >= 15 is 0 Å². The molecule has 1 aromatic carbocycles. The van der Waals surface area contributed by atoms with Crippen molar-refractivity contribution in [2.45, 2.75) is 78.3 Å². The average molecular weight is 275 g/mol. The Bertz CT molecular complexity index is 331. The minimum atomic E-state index is 0.474. The Morgan fingerprint density at radius 1 is 0.900 bits per heavy atom. The first-order chi connectivity index (χ1) is 9.65. The van der Waals surface area contributed by atoms with E-state index in [2.05, 4.69) is 63.3 Å². The van der Waals surface area contributed by atoms with Crippen molar-refractivity contribution in [2.24, 2.45) is 5.92 Å². The largest absolute Gasteiger partial charge is 0.307 e. The Morgan fingerprint density at radius 3 is 2.15 bits per heavy atom. The monoisotopic (exact) mass is 275 g/mol. The van der Waals surface area contributed by atoms with Crippen LogP contribution in [0.4, 0.5) is 0 Å². The van der Waals surface area contributed by atoms with Crippen LogP contribution in [0.2, 0.25) is 0 Å². The normalized spacial score (nSPS) is 14.4. The molecule has 0 heterocycles. The first-order valence-corrected chi connectivity index (χ1v) is 8.46. The third-order valence-electron chi connectivity index (χ3n) is 4.03. The maximum Gasteiger partial charge on any atom is 0.0345 e. The van der Waals surface area contributed by atoms with Gasteiger partial charge in [-0.1, -0.05) is 83.2 Å². The Morgan fingerprint density at radius 2 is 1.55 bits per heavy atom. The van der Waals surface area contributed by atoms with Gasteiger partial charge in [-0.25, -0.2) is 0 Å². The lowest BCUT2D eigenvalue weighted by molar-refractivity contribution is 0.353. The van der Waals surface area contributed by atoms with Gasteiger partial charge >= 0.3 is 0 Å². The SMILES string of the molecule is CCCCCCCC(C)NC(c1ccccc1)C(C)C. The van der Waals surface area contributed by atoms with Gasteiger partial charge in [-0.05, 0) is 24.8 Å². The summed E-state index contributed by atoms with van der Waals surface area (Å²) in [6, 6.07) is 11.9. The Labute approximate surface area is 126 Å². The van der Waals surface area contributed by atoms with Gasteiger partial charge in [0.15, 0.2) is 0 Å². The molecule has 0 aliphatic carbocycles. The molecule has 0 fully saturated rings. The smallest absolute Gasteiger partial charge is 0.0345 e. The van der Waals surface area contributed by atoms with Crippen LogP contribution in [0.25, 0.3) is 0 Å². The molecule has 0 aliphatic heterocycles. The highest BCUT2D eigenvalue weighted by molar-refractivity contribution is 5.19. The minimum Gasteiger partial charge on any atom is -0.307 e. The van der Waals surface area contributed by atoms with E-state index in [1.54, 1.807) is 0 Å². The summed E-state index contributed by atoms with van der Waals surface area (Å²) >= 11 is 0. The van der Waals surface area contributed by atoms with Gasteiger partial charge in [0.1, 0.15) is 0 Å². The highest BCUT2D eigenvalue weighted by Crippen LogP contribution is 2.22. The lowest BCUT2D eigenvalue weighted by Crippen LogP contribution is -2.33. The molecule has 1 nitrogen and oxygen atoms in total. The molecule has 2 atom stereocenters. The van der Waals surface area contributed by atoms with Gasteiger partial charge in [0, 0.05) is 12.1 Å². The molecule has 0 aliphatic rings. The number of unbranched alkanes of at least 4 members (excludes halogenated alkanes) is 4. The van der Waals surface area contributed by atoms with Crippen LogP contribution in [0, 0.1) is 5.92 Å². The lowest BCUT2D eigenvalue weighted by Gasteiger charge is -2.27. The lowest BCUT2D eigenvalue weighted by atomic mass is 9.94. The van der Waals surface area contributed by atoms with Crippen molar-refractivity contribution in [3.05, 3.63) is 35.9 Å². The van der Waals surface area contributed by atoms with Crippen molar-refractivity contribution in [3.8, 4) is 0 Å². The second-order valence-electron chi connectivity index (χ2n) is 6.40. The maximum absolute atomic E-state index is 3.82. The van der Waals surface area contributed by atoms with Crippen molar-refractivity contribution >= 4 is 0 Å². The molecule has 0 aromatic heterocycles. The van der Waals surface area contributed by atoms with Crippen LogP contribution in [-0.2, 0) is 0 Å². The van der Waals surface area contributed by atoms with Crippen LogP contribution in [0.3, 0.4) is 0 Å². The summed E-state index contributed by atoms with van der Waals surface area (Å²) in [4.78, 5) is 0. The van der Waals surface area contributed by atoms with E-state index in [0.717, 1.165) is 0 Å². The molecule has 1 aromatic rings. The predicted molar refractivity (Wildman–Crippen MR) is 90.0 cm³/mol. The van der Waals surface area contributed by atoms with Crippen LogP contribution in [-0.4, -0.2) is 6.04 Å². The third-order valence-corrected chi connectivity index (χ3v) is 4.03. The first-order valence-electron chi connectivity index (χ1n) is 8.46. The fourth-order valence-electron chi connectivity index (χ4n) is 2.78. The van der Waals surface area contributed by atoms with Crippen molar-refractivity contribution in [2.75, 3.05) is 0 Å². The molecule has 0 radical (unpaired) electrons. The van der Waals surface area contributed by atoms with Crippen LogP contribution >= 0.6 is 0 Å². The summed E-state index contributed by atoms with van der Waals surface area (Å²) in [7, 11) is 0. The summed E-state index contributed by atoms with van der Waals surface area (Å²) in [5.41, 5.74) is 1.42. The summed E-state index contributed by atoms with van der Waals surface area (Å²) < 4.78 is 0. The molecule has 0 amide bonds. The number of rotatable bonds is 10. The van der Waals surface area contributed by atoms with Crippen LogP contribution in [0.15, 0.2) is 30.3 Å². The van der Waals surface area contributed by atoms with Gasteiger partial charge < -0.3 is 5.32 Å². The molecule has 1 heteroatoms. The van der Waals surface area contributed by atoms with E-state index in [9.17, 15) is 0 Å². The van der Waals surface area contributed by atoms with Gasteiger partial charge in [0.25, 0.3) is 0 Å². The van der Waals surface area contributed by atoms with E-state index in [1.165, 1.54) is 44.1 Å². The minimum absolute atomic E-state index is 0.474. The van der Waals surface area contributed by atoms with Gasteiger partial charge in [0.2, 0.25) is 0 Å². The topological polar surface area (TPSA) is 12.0 Å². The van der Waals surface area contributed by atoms with Crippen LogP contribution in [0.5, 0.6) is 0 Å². The van der Waals surface area contributed by atoms with Crippen LogP contribution < -0.4 is 5.32 Å². The average Bonchev–Trinajstić information content (AvgIpc) is 2.45. The van der Waals surface area contributed by atoms with Crippen molar-refractivity contribution in [1.82, 2.24) is 5.32 Å². The van der Waals surface area contributed by atoms with E-state index in [1.807, 2.05) is 0 Å². The number of benzene rings is 1. The highest BCUT2D eigenvalue weighted by Gasteiger charge is 2.17. The second-order valence-corrected chi connectivity index (χ2v) is 6.40. The van der Waals surface area contributed by atoms with E-state index in [0.29, 0.717) is 18.0 Å². The molecule has 1 rings (SSSR count). The Balaban J connectivity index is 2.38. The summed E-state index contributed by atoms with van der Waals surface area (Å²) in [5.74, 6) is 0.625. The van der Waals surface area contributed by atoms with Gasteiger partial charge in [-0.15, -0.1) is 0 Å². The Hall–Kier alpha value is -0.820. The van der Waals surface area contributed by atoms with Crippen molar-refractivity contribution in [1.29, 1.82) is 0 Å². The molecule has 1 N–H and O–H groups in total. The molecular formula is C19H33N. The fourth-order valence-corrected chi connectivity index (χ4v) is 2.78.